The van der Waals surface area contributed by atoms with Crippen LogP contribution in [-0.4, -0.2) is 12.8 Å². The number of rotatable bonds is 4. The van der Waals surface area contributed by atoms with Crippen LogP contribution in [0.5, 0.6) is 0 Å². The summed E-state index contributed by atoms with van der Waals surface area (Å²) in [6, 6.07) is 8.82. The molecule has 1 unspecified atom stereocenters. The SMILES string of the molecule is CCC(C)c1cccc(/C(C)=C/C(C)=N\C)c1. The maximum atomic E-state index is 4.17. The zero-order valence-corrected chi connectivity index (χ0v) is 11.6. The van der Waals surface area contributed by atoms with Gasteiger partial charge < -0.3 is 0 Å². The third kappa shape index (κ3) is 3.85. The molecule has 1 atom stereocenters. The fraction of sp³-hybridized carbons (Fsp3) is 0.438. The van der Waals surface area contributed by atoms with E-state index in [9.17, 15) is 0 Å². The normalized spacial score (nSPS) is 14.9. The van der Waals surface area contributed by atoms with Crippen molar-refractivity contribution in [3.63, 3.8) is 0 Å². The molecule has 0 N–H and O–H groups in total. The lowest BCUT2D eigenvalue weighted by molar-refractivity contribution is 0.733. The lowest BCUT2D eigenvalue weighted by atomic mass is 9.95. The average Bonchev–Trinajstić information content (AvgIpc) is 2.37. The average molecular weight is 229 g/mol. The van der Waals surface area contributed by atoms with Crippen molar-refractivity contribution < 1.29 is 0 Å². The predicted octanol–water partition coefficient (Wildman–Crippen LogP) is 4.69. The van der Waals surface area contributed by atoms with Gasteiger partial charge in [0.15, 0.2) is 0 Å². The molecule has 1 aromatic carbocycles. The van der Waals surface area contributed by atoms with E-state index in [0.717, 1.165) is 5.71 Å². The summed E-state index contributed by atoms with van der Waals surface area (Å²) in [6.45, 7) is 8.68. The molecular weight excluding hydrogens is 206 g/mol. The topological polar surface area (TPSA) is 12.4 Å². The Balaban J connectivity index is 3.03. The van der Waals surface area contributed by atoms with E-state index >= 15 is 0 Å². The highest BCUT2D eigenvalue weighted by molar-refractivity contribution is 5.98. The maximum Gasteiger partial charge on any atom is 0.0316 e. The van der Waals surface area contributed by atoms with Gasteiger partial charge in [0.25, 0.3) is 0 Å². The van der Waals surface area contributed by atoms with E-state index in [-0.39, 0.29) is 0 Å². The summed E-state index contributed by atoms with van der Waals surface area (Å²) >= 11 is 0. The lowest BCUT2D eigenvalue weighted by Gasteiger charge is -2.11. The van der Waals surface area contributed by atoms with Gasteiger partial charge >= 0.3 is 0 Å². The third-order valence-electron chi connectivity index (χ3n) is 3.30. The van der Waals surface area contributed by atoms with Gasteiger partial charge in [-0.25, -0.2) is 0 Å². The summed E-state index contributed by atoms with van der Waals surface area (Å²) < 4.78 is 0. The molecule has 1 nitrogen and oxygen atoms in total. The Kier molecular flexibility index (Phi) is 5.14. The van der Waals surface area contributed by atoms with Crippen molar-refractivity contribution in [1.29, 1.82) is 0 Å². The summed E-state index contributed by atoms with van der Waals surface area (Å²) in [5, 5.41) is 0. The first kappa shape index (κ1) is 13.7. The zero-order chi connectivity index (χ0) is 12.8. The molecule has 17 heavy (non-hydrogen) atoms. The number of aliphatic imine (C=N–C) groups is 1. The molecule has 0 saturated heterocycles. The van der Waals surface area contributed by atoms with Crippen LogP contribution in [0.2, 0.25) is 0 Å². The van der Waals surface area contributed by atoms with Crippen molar-refractivity contribution in [2.75, 3.05) is 7.05 Å². The van der Waals surface area contributed by atoms with Gasteiger partial charge in [0.1, 0.15) is 0 Å². The van der Waals surface area contributed by atoms with Crippen LogP contribution in [0.1, 0.15) is 51.2 Å². The first-order valence-electron chi connectivity index (χ1n) is 6.30. The van der Waals surface area contributed by atoms with Gasteiger partial charge in [-0.05, 0) is 49.0 Å². The van der Waals surface area contributed by atoms with E-state index < -0.39 is 0 Å². The monoisotopic (exact) mass is 229 g/mol. The molecule has 0 aliphatic carbocycles. The molecule has 0 radical (unpaired) electrons. The second-order valence-electron chi connectivity index (χ2n) is 4.63. The fourth-order valence-corrected chi connectivity index (χ4v) is 1.79. The number of nitrogens with zero attached hydrogens (tertiary/aromatic N) is 1. The Morgan fingerprint density at radius 3 is 2.65 bits per heavy atom. The predicted molar refractivity (Wildman–Crippen MR) is 77.8 cm³/mol. The van der Waals surface area contributed by atoms with Gasteiger partial charge in [0.05, 0.1) is 0 Å². The molecule has 0 amide bonds. The molecule has 0 fully saturated rings. The first-order valence-corrected chi connectivity index (χ1v) is 6.30. The molecule has 1 heteroatoms. The van der Waals surface area contributed by atoms with Crippen molar-refractivity contribution in [2.45, 2.75) is 40.0 Å². The largest absolute Gasteiger partial charge is 0.293 e. The highest BCUT2D eigenvalue weighted by atomic mass is 14.7. The van der Waals surface area contributed by atoms with Crippen molar-refractivity contribution in [3.8, 4) is 0 Å². The fourth-order valence-electron chi connectivity index (χ4n) is 1.79. The molecule has 0 aliphatic heterocycles. The van der Waals surface area contributed by atoms with Crippen LogP contribution in [-0.2, 0) is 0 Å². The molecule has 1 aromatic rings. The van der Waals surface area contributed by atoms with Gasteiger partial charge in [-0.3, -0.25) is 4.99 Å². The second-order valence-corrected chi connectivity index (χ2v) is 4.63. The number of hydrogen-bond acceptors (Lipinski definition) is 1. The number of benzene rings is 1. The van der Waals surface area contributed by atoms with Crippen LogP contribution in [0.4, 0.5) is 0 Å². The van der Waals surface area contributed by atoms with Gasteiger partial charge in [0, 0.05) is 12.8 Å². The molecule has 0 spiro atoms. The van der Waals surface area contributed by atoms with Crippen LogP contribution in [0.25, 0.3) is 5.57 Å². The molecule has 92 valence electrons. The van der Waals surface area contributed by atoms with Crippen molar-refractivity contribution >= 4 is 11.3 Å². The highest BCUT2D eigenvalue weighted by Gasteiger charge is 2.04. The minimum absolute atomic E-state index is 0.628. The summed E-state index contributed by atoms with van der Waals surface area (Å²) in [5.74, 6) is 0.628. The van der Waals surface area contributed by atoms with E-state index in [1.165, 1.54) is 23.1 Å². The van der Waals surface area contributed by atoms with Gasteiger partial charge in [-0.2, -0.15) is 0 Å². The van der Waals surface area contributed by atoms with Crippen LogP contribution in [0.3, 0.4) is 0 Å². The Labute approximate surface area is 105 Å². The van der Waals surface area contributed by atoms with Crippen molar-refractivity contribution in [2.24, 2.45) is 4.99 Å². The zero-order valence-electron chi connectivity index (χ0n) is 11.6. The molecule has 0 heterocycles. The molecule has 0 saturated carbocycles. The van der Waals surface area contributed by atoms with Gasteiger partial charge in [-0.15, -0.1) is 0 Å². The van der Waals surface area contributed by atoms with E-state index in [2.05, 4.69) is 56.1 Å². The summed E-state index contributed by atoms with van der Waals surface area (Å²) in [5.41, 5.74) is 5.06. The van der Waals surface area contributed by atoms with Crippen LogP contribution in [0, 0.1) is 0 Å². The van der Waals surface area contributed by atoms with E-state index in [1.807, 2.05) is 14.0 Å². The smallest absolute Gasteiger partial charge is 0.0316 e. The van der Waals surface area contributed by atoms with Crippen LogP contribution >= 0.6 is 0 Å². The number of hydrogen-bond donors (Lipinski definition) is 0. The Bertz CT molecular complexity index is 427. The highest BCUT2D eigenvalue weighted by Crippen LogP contribution is 2.22. The molecule has 0 aromatic heterocycles. The Hall–Kier alpha value is -1.37. The van der Waals surface area contributed by atoms with Crippen molar-refractivity contribution in [3.05, 3.63) is 41.5 Å². The molecule has 0 bridgehead atoms. The summed E-state index contributed by atoms with van der Waals surface area (Å²) in [6.07, 6.45) is 3.32. The standard InChI is InChI=1S/C16H23N/c1-6-12(2)15-8-7-9-16(11-15)13(3)10-14(4)17-5/h7-12H,6H2,1-5H3/b13-10+,17-14-. The second kappa shape index (κ2) is 6.39. The Morgan fingerprint density at radius 1 is 1.35 bits per heavy atom. The molecular formula is C16H23N. The summed E-state index contributed by atoms with van der Waals surface area (Å²) in [4.78, 5) is 4.17. The van der Waals surface area contributed by atoms with Crippen LogP contribution in [0.15, 0.2) is 35.3 Å². The van der Waals surface area contributed by atoms with E-state index in [0.29, 0.717) is 5.92 Å². The third-order valence-corrected chi connectivity index (χ3v) is 3.30. The van der Waals surface area contributed by atoms with Crippen molar-refractivity contribution in [1.82, 2.24) is 0 Å². The molecule has 1 rings (SSSR count). The van der Waals surface area contributed by atoms with Gasteiger partial charge in [0.2, 0.25) is 0 Å². The quantitative estimate of drug-likeness (QED) is 0.664. The lowest BCUT2D eigenvalue weighted by Crippen LogP contribution is -1.93. The van der Waals surface area contributed by atoms with E-state index in [1.54, 1.807) is 0 Å². The van der Waals surface area contributed by atoms with E-state index in [4.69, 9.17) is 0 Å². The molecule has 0 aliphatic rings. The van der Waals surface area contributed by atoms with Crippen LogP contribution < -0.4 is 0 Å². The number of allylic oxidation sites excluding steroid dienone is 2. The minimum atomic E-state index is 0.628. The Morgan fingerprint density at radius 2 is 2.06 bits per heavy atom. The maximum absolute atomic E-state index is 4.17. The minimum Gasteiger partial charge on any atom is -0.293 e. The van der Waals surface area contributed by atoms with Gasteiger partial charge in [-0.1, -0.05) is 38.1 Å². The first-order chi connectivity index (χ1) is 8.08. The summed E-state index contributed by atoms with van der Waals surface area (Å²) in [7, 11) is 1.83.